The average molecular weight is 350 g/mol. The van der Waals surface area contributed by atoms with Gasteiger partial charge in [0, 0.05) is 30.9 Å². The summed E-state index contributed by atoms with van der Waals surface area (Å²) in [5, 5.41) is 9.35. The van der Waals surface area contributed by atoms with Crippen molar-refractivity contribution < 1.29 is 9.90 Å². The predicted molar refractivity (Wildman–Crippen MR) is 101 cm³/mol. The lowest BCUT2D eigenvalue weighted by Gasteiger charge is -2.11. The van der Waals surface area contributed by atoms with E-state index in [1.54, 1.807) is 29.0 Å². The van der Waals surface area contributed by atoms with Gasteiger partial charge in [0.05, 0.1) is 6.54 Å². The number of benzene rings is 1. The molecule has 0 saturated carbocycles. The van der Waals surface area contributed by atoms with Crippen LogP contribution in [0.15, 0.2) is 59.5 Å². The van der Waals surface area contributed by atoms with Crippen LogP contribution in [-0.2, 0) is 19.5 Å². The van der Waals surface area contributed by atoms with Crippen LogP contribution in [0.2, 0.25) is 0 Å². The van der Waals surface area contributed by atoms with Gasteiger partial charge < -0.3 is 14.2 Å². The van der Waals surface area contributed by atoms with E-state index in [-0.39, 0.29) is 5.56 Å². The minimum absolute atomic E-state index is 0.0193. The molecule has 0 unspecified atom stereocenters. The first-order chi connectivity index (χ1) is 12.5. The fourth-order valence-electron chi connectivity index (χ4n) is 3.24. The van der Waals surface area contributed by atoms with Crippen molar-refractivity contribution in [1.82, 2.24) is 9.13 Å². The molecule has 1 aromatic carbocycles. The van der Waals surface area contributed by atoms with E-state index in [9.17, 15) is 14.7 Å². The van der Waals surface area contributed by atoms with Gasteiger partial charge in [0.2, 0.25) is 0 Å². The second-order valence-corrected chi connectivity index (χ2v) is 6.37. The number of aromatic nitrogens is 2. The third-order valence-electron chi connectivity index (χ3n) is 4.61. The second kappa shape index (κ2) is 7.44. The molecule has 5 nitrogen and oxygen atoms in total. The monoisotopic (exact) mass is 350 g/mol. The van der Waals surface area contributed by atoms with E-state index < -0.39 is 5.97 Å². The Hall–Kier alpha value is -3.08. The van der Waals surface area contributed by atoms with Gasteiger partial charge in [-0.25, -0.2) is 4.79 Å². The van der Waals surface area contributed by atoms with Crippen LogP contribution in [0.25, 0.3) is 0 Å². The normalized spacial score (nSPS) is 10.8. The molecule has 0 aliphatic carbocycles. The molecule has 0 atom stereocenters. The number of aromatic carboxylic acids is 1. The number of carbonyl (C=O) groups is 1. The third-order valence-corrected chi connectivity index (χ3v) is 4.61. The maximum absolute atomic E-state index is 11.8. The maximum Gasteiger partial charge on any atom is 0.352 e. The highest BCUT2D eigenvalue weighted by Gasteiger charge is 2.16. The first kappa shape index (κ1) is 17.7. The van der Waals surface area contributed by atoms with Crippen LogP contribution in [0.5, 0.6) is 0 Å². The molecule has 0 bridgehead atoms. The highest BCUT2D eigenvalue weighted by atomic mass is 16.4. The zero-order valence-corrected chi connectivity index (χ0v) is 15.0. The van der Waals surface area contributed by atoms with Crippen molar-refractivity contribution in [1.29, 1.82) is 0 Å². The number of aryl methyl sites for hydroxylation is 1. The van der Waals surface area contributed by atoms with E-state index in [1.807, 2.05) is 48.7 Å². The van der Waals surface area contributed by atoms with Crippen molar-refractivity contribution in [2.24, 2.45) is 0 Å². The Bertz CT molecular complexity index is 981. The standard InChI is InChI=1S/C21H22N2O3/c1-3-23-18(15(2)12-19(23)21(25)26)13-16-7-9-17(10-8-16)14-22-11-5-4-6-20(22)24/h4-12H,3,13-14H2,1-2H3,(H,25,26). The molecule has 2 aromatic heterocycles. The number of carboxylic acids is 1. The van der Waals surface area contributed by atoms with Crippen molar-refractivity contribution in [3.8, 4) is 0 Å². The van der Waals surface area contributed by atoms with Gasteiger partial charge in [0.25, 0.3) is 5.56 Å². The number of rotatable bonds is 6. The number of hydrogen-bond donors (Lipinski definition) is 1. The van der Waals surface area contributed by atoms with Crippen LogP contribution in [0.1, 0.15) is 39.8 Å². The SMILES string of the molecule is CCn1c(C(=O)O)cc(C)c1Cc1ccc(Cn2ccccc2=O)cc1. The summed E-state index contributed by atoms with van der Waals surface area (Å²) in [6, 6.07) is 15.0. The third kappa shape index (κ3) is 3.61. The number of nitrogens with zero attached hydrogens (tertiary/aromatic N) is 2. The molecule has 1 N–H and O–H groups in total. The van der Waals surface area contributed by atoms with Gasteiger partial charge in [0.15, 0.2) is 0 Å². The Balaban J connectivity index is 1.81. The largest absolute Gasteiger partial charge is 0.477 e. The fourth-order valence-corrected chi connectivity index (χ4v) is 3.24. The molecule has 0 aliphatic rings. The van der Waals surface area contributed by atoms with E-state index >= 15 is 0 Å². The van der Waals surface area contributed by atoms with Crippen LogP contribution in [0.3, 0.4) is 0 Å². The molecule has 0 fully saturated rings. The van der Waals surface area contributed by atoms with Gasteiger partial charge in [-0.15, -0.1) is 0 Å². The molecule has 0 spiro atoms. The summed E-state index contributed by atoms with van der Waals surface area (Å²) in [5.74, 6) is -0.898. The first-order valence-corrected chi connectivity index (χ1v) is 8.65. The van der Waals surface area contributed by atoms with E-state index in [4.69, 9.17) is 0 Å². The van der Waals surface area contributed by atoms with Gasteiger partial charge in [0.1, 0.15) is 5.69 Å². The van der Waals surface area contributed by atoms with E-state index in [1.165, 1.54) is 0 Å². The topological polar surface area (TPSA) is 64.2 Å². The van der Waals surface area contributed by atoms with Crippen molar-refractivity contribution in [3.63, 3.8) is 0 Å². The Morgan fingerprint density at radius 3 is 2.38 bits per heavy atom. The number of carboxylic acid groups (broad SMARTS) is 1. The van der Waals surface area contributed by atoms with Crippen LogP contribution in [0, 0.1) is 6.92 Å². The van der Waals surface area contributed by atoms with Gasteiger partial charge >= 0.3 is 5.97 Å². The molecular formula is C21H22N2O3. The van der Waals surface area contributed by atoms with Crippen LogP contribution < -0.4 is 5.56 Å². The molecule has 5 heteroatoms. The lowest BCUT2D eigenvalue weighted by Crippen LogP contribution is -2.18. The summed E-state index contributed by atoms with van der Waals surface area (Å²) < 4.78 is 3.52. The molecule has 26 heavy (non-hydrogen) atoms. The van der Waals surface area contributed by atoms with E-state index in [0.717, 1.165) is 22.4 Å². The number of hydrogen-bond acceptors (Lipinski definition) is 2. The highest BCUT2D eigenvalue weighted by Crippen LogP contribution is 2.20. The van der Waals surface area contributed by atoms with Crippen molar-refractivity contribution in [2.45, 2.75) is 33.4 Å². The summed E-state index contributed by atoms with van der Waals surface area (Å²) >= 11 is 0. The highest BCUT2D eigenvalue weighted by molar-refractivity contribution is 5.86. The zero-order chi connectivity index (χ0) is 18.7. The Labute approximate surface area is 152 Å². The average Bonchev–Trinajstić information content (AvgIpc) is 2.94. The smallest absolute Gasteiger partial charge is 0.352 e. The Kier molecular flexibility index (Phi) is 5.07. The summed E-state index contributed by atoms with van der Waals surface area (Å²) in [5.41, 5.74) is 4.49. The zero-order valence-electron chi connectivity index (χ0n) is 15.0. The summed E-state index contributed by atoms with van der Waals surface area (Å²) in [4.78, 5) is 23.2. The molecule has 3 aromatic rings. The lowest BCUT2D eigenvalue weighted by molar-refractivity contribution is 0.0685. The van der Waals surface area contributed by atoms with Crippen molar-refractivity contribution in [2.75, 3.05) is 0 Å². The van der Waals surface area contributed by atoms with Crippen molar-refractivity contribution in [3.05, 3.63) is 93.2 Å². The lowest BCUT2D eigenvalue weighted by atomic mass is 10.1. The molecule has 0 radical (unpaired) electrons. The maximum atomic E-state index is 11.8. The van der Waals surface area contributed by atoms with Crippen LogP contribution in [-0.4, -0.2) is 20.2 Å². The van der Waals surface area contributed by atoms with E-state index in [2.05, 4.69) is 0 Å². The Morgan fingerprint density at radius 2 is 1.77 bits per heavy atom. The fraction of sp³-hybridized carbons (Fsp3) is 0.238. The van der Waals surface area contributed by atoms with Gasteiger partial charge in [-0.1, -0.05) is 30.3 Å². The summed E-state index contributed by atoms with van der Waals surface area (Å²) in [6.07, 6.45) is 2.46. The molecule has 0 aliphatic heterocycles. The molecule has 134 valence electrons. The minimum Gasteiger partial charge on any atom is -0.477 e. The molecular weight excluding hydrogens is 328 g/mol. The van der Waals surface area contributed by atoms with Crippen LogP contribution >= 0.6 is 0 Å². The first-order valence-electron chi connectivity index (χ1n) is 8.65. The van der Waals surface area contributed by atoms with Gasteiger partial charge in [-0.2, -0.15) is 0 Å². The second-order valence-electron chi connectivity index (χ2n) is 6.37. The molecule has 3 rings (SSSR count). The summed E-state index contributed by atoms with van der Waals surface area (Å²) in [6.45, 7) is 5.06. The Morgan fingerprint density at radius 1 is 1.08 bits per heavy atom. The van der Waals surface area contributed by atoms with E-state index in [0.29, 0.717) is 25.2 Å². The minimum atomic E-state index is -0.898. The predicted octanol–water partition coefficient (Wildman–Crippen LogP) is 3.32. The number of pyridine rings is 1. The van der Waals surface area contributed by atoms with Crippen LogP contribution in [0.4, 0.5) is 0 Å². The van der Waals surface area contributed by atoms with Crippen molar-refractivity contribution >= 4 is 5.97 Å². The van der Waals surface area contributed by atoms with Gasteiger partial charge in [-0.05, 0) is 42.7 Å². The quantitative estimate of drug-likeness (QED) is 0.742. The summed E-state index contributed by atoms with van der Waals surface area (Å²) in [7, 11) is 0. The molecule has 2 heterocycles. The molecule has 0 amide bonds. The molecule has 0 saturated heterocycles. The van der Waals surface area contributed by atoms with Gasteiger partial charge in [-0.3, -0.25) is 4.79 Å².